The highest BCUT2D eigenvalue weighted by atomic mass is 35.5. The molecule has 2 aliphatic heterocycles. The standard InChI is InChI=1S/C28H32ClN5O3/c1-17-4-5-19(11-24(17)29)25(12-27(30)35)32-13-20-15-33(16-21(20)14-32)28(36)26-10-18(2)31-34(26)22-6-8-23(37-3)9-7-22/h4-11,20-21,25H,12-16H2,1-3H3,(H2,30,35). The minimum Gasteiger partial charge on any atom is -0.497 e. The molecule has 2 saturated heterocycles. The monoisotopic (exact) mass is 521 g/mol. The van der Waals surface area contributed by atoms with Gasteiger partial charge in [0.05, 0.1) is 18.5 Å². The highest BCUT2D eigenvalue weighted by Gasteiger charge is 2.44. The Balaban J connectivity index is 1.31. The number of halogens is 1. The lowest BCUT2D eigenvalue weighted by molar-refractivity contribution is -0.119. The van der Waals surface area contributed by atoms with Crippen LogP contribution in [0.3, 0.4) is 0 Å². The number of aromatic nitrogens is 2. The van der Waals surface area contributed by atoms with E-state index in [1.165, 1.54) is 0 Å². The molecule has 37 heavy (non-hydrogen) atoms. The van der Waals surface area contributed by atoms with E-state index >= 15 is 0 Å². The van der Waals surface area contributed by atoms with E-state index < -0.39 is 0 Å². The van der Waals surface area contributed by atoms with Crippen molar-refractivity contribution < 1.29 is 14.3 Å². The van der Waals surface area contributed by atoms with Crippen molar-refractivity contribution in [2.45, 2.75) is 26.3 Å². The third-order valence-corrected chi connectivity index (χ3v) is 7.99. The number of carbonyl (C=O) groups is 2. The van der Waals surface area contributed by atoms with E-state index in [-0.39, 0.29) is 24.3 Å². The van der Waals surface area contributed by atoms with Crippen molar-refractivity contribution in [1.29, 1.82) is 0 Å². The van der Waals surface area contributed by atoms with Crippen LogP contribution in [0.4, 0.5) is 0 Å². The second kappa shape index (κ2) is 10.2. The number of nitrogens with two attached hydrogens (primary N) is 1. The first-order valence-corrected chi connectivity index (χ1v) is 12.9. The second-order valence-corrected chi connectivity index (χ2v) is 10.6. The summed E-state index contributed by atoms with van der Waals surface area (Å²) in [5.41, 5.74) is 9.78. The van der Waals surface area contributed by atoms with Gasteiger partial charge in [-0.1, -0.05) is 23.7 Å². The molecule has 0 radical (unpaired) electrons. The topological polar surface area (TPSA) is 93.7 Å². The molecule has 2 fully saturated rings. The molecule has 8 nitrogen and oxygen atoms in total. The van der Waals surface area contributed by atoms with Gasteiger partial charge < -0.3 is 15.4 Å². The molecular weight excluding hydrogens is 490 g/mol. The lowest BCUT2D eigenvalue weighted by Crippen LogP contribution is -2.36. The third kappa shape index (κ3) is 5.08. The summed E-state index contributed by atoms with van der Waals surface area (Å²) in [6.07, 6.45) is 0.238. The van der Waals surface area contributed by atoms with E-state index in [4.69, 9.17) is 22.1 Å². The Morgan fingerprint density at radius 3 is 2.32 bits per heavy atom. The first-order chi connectivity index (χ1) is 17.7. The van der Waals surface area contributed by atoms with Crippen molar-refractivity contribution in [1.82, 2.24) is 19.6 Å². The maximum Gasteiger partial charge on any atom is 0.272 e. The Morgan fingerprint density at radius 2 is 1.73 bits per heavy atom. The number of primary amides is 1. The normalized spacial score (nSPS) is 20.2. The summed E-state index contributed by atoms with van der Waals surface area (Å²) in [5, 5.41) is 5.26. The summed E-state index contributed by atoms with van der Waals surface area (Å²) in [6.45, 7) is 6.80. The summed E-state index contributed by atoms with van der Waals surface area (Å²) in [4.78, 5) is 29.8. The average molecular weight is 522 g/mol. The van der Waals surface area contributed by atoms with Crippen LogP contribution in [0.1, 0.15) is 39.8 Å². The summed E-state index contributed by atoms with van der Waals surface area (Å²) in [7, 11) is 1.62. The molecular formula is C28H32ClN5O3. The molecule has 2 amide bonds. The van der Waals surface area contributed by atoms with Crippen LogP contribution in [0.2, 0.25) is 5.02 Å². The van der Waals surface area contributed by atoms with Gasteiger partial charge in [0, 0.05) is 43.7 Å². The molecule has 0 bridgehead atoms. The quantitative estimate of drug-likeness (QED) is 0.511. The van der Waals surface area contributed by atoms with Gasteiger partial charge >= 0.3 is 0 Å². The lowest BCUT2D eigenvalue weighted by atomic mass is 10.0. The zero-order valence-electron chi connectivity index (χ0n) is 21.4. The summed E-state index contributed by atoms with van der Waals surface area (Å²) >= 11 is 6.39. The number of amides is 2. The number of hydrogen-bond acceptors (Lipinski definition) is 5. The van der Waals surface area contributed by atoms with E-state index in [1.54, 1.807) is 11.8 Å². The summed E-state index contributed by atoms with van der Waals surface area (Å²) in [6, 6.07) is 15.2. The lowest BCUT2D eigenvalue weighted by Gasteiger charge is -2.29. The minimum absolute atomic E-state index is 0.0172. The molecule has 2 aliphatic rings. The van der Waals surface area contributed by atoms with Crippen LogP contribution < -0.4 is 10.5 Å². The van der Waals surface area contributed by atoms with Crippen LogP contribution in [0, 0.1) is 25.7 Å². The second-order valence-electron chi connectivity index (χ2n) is 10.2. The van der Waals surface area contributed by atoms with Crippen LogP contribution in [0.15, 0.2) is 48.5 Å². The van der Waals surface area contributed by atoms with E-state index in [0.29, 0.717) is 35.6 Å². The Bertz CT molecular complexity index is 1310. The number of ether oxygens (including phenoxy) is 1. The van der Waals surface area contributed by atoms with Crippen molar-refractivity contribution >= 4 is 23.4 Å². The van der Waals surface area contributed by atoms with E-state index in [2.05, 4.69) is 10.00 Å². The van der Waals surface area contributed by atoms with Gasteiger partial charge in [0.25, 0.3) is 5.91 Å². The third-order valence-electron chi connectivity index (χ3n) is 7.59. The zero-order valence-corrected chi connectivity index (χ0v) is 22.1. The van der Waals surface area contributed by atoms with Gasteiger partial charge in [0.15, 0.2) is 0 Å². The van der Waals surface area contributed by atoms with Crippen LogP contribution in [-0.2, 0) is 4.79 Å². The van der Waals surface area contributed by atoms with Gasteiger partial charge in [-0.15, -0.1) is 0 Å². The number of aryl methyl sites for hydroxylation is 2. The minimum atomic E-state index is -0.335. The number of hydrogen-bond donors (Lipinski definition) is 1. The van der Waals surface area contributed by atoms with Crippen LogP contribution in [0.25, 0.3) is 5.69 Å². The first-order valence-electron chi connectivity index (χ1n) is 12.5. The number of fused-ring (bicyclic) bond motifs is 1. The fourth-order valence-electron chi connectivity index (χ4n) is 5.65. The largest absolute Gasteiger partial charge is 0.497 e. The van der Waals surface area contributed by atoms with Gasteiger partial charge in [0.2, 0.25) is 5.91 Å². The molecule has 2 aromatic carbocycles. The molecule has 0 saturated carbocycles. The predicted octanol–water partition coefficient (Wildman–Crippen LogP) is 3.77. The molecule has 3 aromatic rings. The Kier molecular flexibility index (Phi) is 6.96. The van der Waals surface area contributed by atoms with Gasteiger partial charge in [0.1, 0.15) is 11.4 Å². The number of carbonyl (C=O) groups excluding carboxylic acids is 2. The number of rotatable bonds is 7. The zero-order chi connectivity index (χ0) is 26.3. The molecule has 3 atom stereocenters. The van der Waals surface area contributed by atoms with Crippen molar-refractivity contribution in [2.75, 3.05) is 33.3 Å². The number of methoxy groups -OCH3 is 1. The van der Waals surface area contributed by atoms with Gasteiger partial charge in [-0.2, -0.15) is 5.10 Å². The van der Waals surface area contributed by atoms with Crippen LogP contribution >= 0.6 is 11.6 Å². The Hall–Kier alpha value is -3.36. The van der Waals surface area contributed by atoms with Crippen molar-refractivity contribution in [3.05, 3.63) is 76.1 Å². The highest BCUT2D eigenvalue weighted by Crippen LogP contribution is 2.38. The molecule has 3 unspecified atom stereocenters. The maximum atomic E-state index is 13.6. The fraction of sp³-hybridized carbons (Fsp3) is 0.393. The number of likely N-dealkylation sites (tertiary alicyclic amines) is 2. The van der Waals surface area contributed by atoms with Crippen LogP contribution in [-0.4, -0.2) is 64.7 Å². The Labute approximate surface area is 221 Å². The van der Waals surface area contributed by atoms with Gasteiger partial charge in [-0.05, 0) is 73.2 Å². The van der Waals surface area contributed by atoms with Crippen molar-refractivity contribution in [3.8, 4) is 11.4 Å². The van der Waals surface area contributed by atoms with Gasteiger partial charge in [-0.3, -0.25) is 14.5 Å². The first kappa shape index (κ1) is 25.3. The molecule has 2 N–H and O–H groups in total. The maximum absolute atomic E-state index is 13.6. The molecule has 3 heterocycles. The molecule has 0 aliphatic carbocycles. The summed E-state index contributed by atoms with van der Waals surface area (Å²) < 4.78 is 6.97. The van der Waals surface area contributed by atoms with Gasteiger partial charge in [-0.25, -0.2) is 4.68 Å². The number of benzene rings is 2. The smallest absolute Gasteiger partial charge is 0.272 e. The summed E-state index contributed by atoms with van der Waals surface area (Å²) in [5.74, 6) is 1.06. The highest BCUT2D eigenvalue weighted by molar-refractivity contribution is 6.31. The fourth-order valence-corrected chi connectivity index (χ4v) is 5.84. The molecule has 9 heteroatoms. The molecule has 194 valence electrons. The Morgan fingerprint density at radius 1 is 1.05 bits per heavy atom. The predicted molar refractivity (Wildman–Crippen MR) is 142 cm³/mol. The van der Waals surface area contributed by atoms with Crippen molar-refractivity contribution in [2.24, 2.45) is 17.6 Å². The molecule has 5 rings (SSSR count). The van der Waals surface area contributed by atoms with Crippen LogP contribution in [0.5, 0.6) is 5.75 Å². The van der Waals surface area contributed by atoms with E-state index in [1.807, 2.05) is 67.3 Å². The van der Waals surface area contributed by atoms with E-state index in [0.717, 1.165) is 41.3 Å². The van der Waals surface area contributed by atoms with E-state index in [9.17, 15) is 9.59 Å². The van der Waals surface area contributed by atoms with Crippen molar-refractivity contribution in [3.63, 3.8) is 0 Å². The SMILES string of the molecule is COc1ccc(-n2nc(C)cc2C(=O)N2CC3CN(C(CC(N)=O)c4ccc(C)c(Cl)c4)CC3C2)cc1. The molecule has 1 aromatic heterocycles. The molecule has 0 spiro atoms. The average Bonchev–Trinajstić information content (AvgIpc) is 3.57. The number of nitrogens with zero attached hydrogens (tertiary/aromatic N) is 4.